The van der Waals surface area contributed by atoms with E-state index in [0.717, 1.165) is 22.9 Å². The zero-order valence-corrected chi connectivity index (χ0v) is 14.9. The Balaban J connectivity index is 2.57. The van der Waals surface area contributed by atoms with Gasteiger partial charge in [0.15, 0.2) is 0 Å². The van der Waals surface area contributed by atoms with Gasteiger partial charge in [-0.25, -0.2) is 0 Å². The molecule has 22 heavy (non-hydrogen) atoms. The van der Waals surface area contributed by atoms with Crippen molar-refractivity contribution < 1.29 is 19.4 Å². The average molecular weight is 371 g/mol. The molecule has 0 spiro atoms. The largest absolute Gasteiger partial charge is 0.481 e. The fourth-order valence-corrected chi connectivity index (χ4v) is 2.87. The third-order valence-corrected chi connectivity index (χ3v) is 4.32. The maximum Gasteiger partial charge on any atom is 0.311 e. The molecule has 1 N–H and O–H groups in total. The van der Waals surface area contributed by atoms with Crippen LogP contribution in [-0.4, -0.2) is 24.2 Å². The summed E-state index contributed by atoms with van der Waals surface area (Å²) in [5.74, 6) is -1.56. The van der Waals surface area contributed by atoms with Crippen LogP contribution in [0.5, 0.6) is 0 Å². The van der Waals surface area contributed by atoms with Crippen molar-refractivity contribution in [1.29, 1.82) is 0 Å². The number of hydrogen-bond donors (Lipinski definition) is 1. The van der Waals surface area contributed by atoms with Crippen LogP contribution in [0, 0.1) is 5.41 Å². The lowest BCUT2D eigenvalue weighted by Gasteiger charge is -2.21. The number of carboxylic acid groups (broad SMARTS) is 1. The molecule has 0 radical (unpaired) electrons. The summed E-state index contributed by atoms with van der Waals surface area (Å²) in [5.41, 5.74) is 0.276. The van der Waals surface area contributed by atoms with E-state index in [1.165, 1.54) is 7.11 Å². The minimum atomic E-state index is -0.815. The van der Waals surface area contributed by atoms with E-state index in [-0.39, 0.29) is 5.97 Å². The number of benzene rings is 1. The van der Waals surface area contributed by atoms with Crippen molar-refractivity contribution in [1.82, 2.24) is 0 Å². The van der Waals surface area contributed by atoms with Crippen LogP contribution in [0.4, 0.5) is 0 Å². The lowest BCUT2D eigenvalue weighted by atomic mass is 9.85. The predicted molar refractivity (Wildman–Crippen MR) is 88.8 cm³/mol. The van der Waals surface area contributed by atoms with Crippen LogP contribution < -0.4 is 0 Å². The van der Waals surface area contributed by atoms with Gasteiger partial charge in [-0.3, -0.25) is 9.59 Å². The number of halogens is 1. The zero-order valence-electron chi connectivity index (χ0n) is 13.3. The summed E-state index contributed by atoms with van der Waals surface area (Å²) in [6.45, 7) is 3.70. The number of esters is 1. The number of carbonyl (C=O) groups is 2. The number of carboxylic acids is 1. The van der Waals surface area contributed by atoms with Gasteiger partial charge in [0.25, 0.3) is 0 Å². The van der Waals surface area contributed by atoms with E-state index >= 15 is 0 Å². The summed E-state index contributed by atoms with van der Waals surface area (Å²) < 4.78 is 5.65. The second-order valence-electron chi connectivity index (χ2n) is 6.07. The van der Waals surface area contributed by atoms with E-state index in [1.54, 1.807) is 0 Å². The number of ether oxygens (including phenoxy) is 1. The smallest absolute Gasteiger partial charge is 0.311 e. The number of carbonyl (C=O) groups excluding carboxylic acids is 1. The van der Waals surface area contributed by atoms with Gasteiger partial charge in [0, 0.05) is 4.47 Å². The van der Waals surface area contributed by atoms with Gasteiger partial charge in [-0.2, -0.15) is 0 Å². The Morgan fingerprint density at radius 1 is 1.32 bits per heavy atom. The molecule has 0 aromatic heterocycles. The number of unbranched alkanes of at least 4 members (excludes halogenated alkanes) is 1. The Morgan fingerprint density at radius 3 is 2.55 bits per heavy atom. The molecule has 0 amide bonds. The molecule has 0 saturated carbocycles. The molecule has 0 heterocycles. The quantitative estimate of drug-likeness (QED) is 0.544. The second kappa shape index (κ2) is 8.32. The Morgan fingerprint density at radius 2 is 2.00 bits per heavy atom. The standard InChI is InChI=1S/C17H23BrO4/c1-17(2,16(21)22-3)10-5-4-9-14(15(19)20)12-7-6-8-13(18)11-12/h6-8,11,14H,4-5,9-10H2,1-3H3,(H,19,20). The molecule has 1 atom stereocenters. The molecular weight excluding hydrogens is 348 g/mol. The van der Waals surface area contributed by atoms with Gasteiger partial charge < -0.3 is 9.84 Å². The normalized spacial score (nSPS) is 12.7. The van der Waals surface area contributed by atoms with Crippen molar-refractivity contribution in [2.75, 3.05) is 7.11 Å². The predicted octanol–water partition coefficient (Wildman–Crippen LogP) is 4.38. The summed E-state index contributed by atoms with van der Waals surface area (Å²) in [5, 5.41) is 9.41. The van der Waals surface area contributed by atoms with E-state index < -0.39 is 17.3 Å². The van der Waals surface area contributed by atoms with Crippen molar-refractivity contribution in [3.63, 3.8) is 0 Å². The summed E-state index contributed by atoms with van der Waals surface area (Å²) >= 11 is 3.37. The fourth-order valence-electron chi connectivity index (χ4n) is 2.45. The number of hydrogen-bond acceptors (Lipinski definition) is 3. The monoisotopic (exact) mass is 370 g/mol. The van der Waals surface area contributed by atoms with Gasteiger partial charge >= 0.3 is 11.9 Å². The third kappa shape index (κ3) is 5.44. The maximum atomic E-state index is 11.6. The van der Waals surface area contributed by atoms with Crippen LogP contribution in [0.15, 0.2) is 28.7 Å². The highest BCUT2D eigenvalue weighted by molar-refractivity contribution is 9.10. The molecule has 1 rings (SSSR count). The fraction of sp³-hybridized carbons (Fsp3) is 0.529. The van der Waals surface area contributed by atoms with Gasteiger partial charge in [-0.1, -0.05) is 40.9 Å². The van der Waals surface area contributed by atoms with E-state index in [1.807, 2.05) is 38.1 Å². The van der Waals surface area contributed by atoms with E-state index in [0.29, 0.717) is 12.8 Å². The Hall–Kier alpha value is -1.36. The Bertz CT molecular complexity index is 525. The number of rotatable bonds is 8. The summed E-state index contributed by atoms with van der Waals surface area (Å²) in [6, 6.07) is 7.40. The SMILES string of the molecule is COC(=O)C(C)(C)CCCCC(C(=O)O)c1cccc(Br)c1. The third-order valence-electron chi connectivity index (χ3n) is 3.83. The van der Waals surface area contributed by atoms with Gasteiger partial charge in [0.05, 0.1) is 18.4 Å². The molecule has 122 valence electrons. The molecule has 0 saturated heterocycles. The first-order valence-corrected chi connectivity index (χ1v) is 8.14. The number of aliphatic carboxylic acids is 1. The molecule has 0 aliphatic heterocycles. The Labute approximate surface area is 140 Å². The highest BCUT2D eigenvalue weighted by Crippen LogP contribution is 2.29. The minimum absolute atomic E-state index is 0.228. The molecule has 1 unspecified atom stereocenters. The second-order valence-corrected chi connectivity index (χ2v) is 6.98. The summed E-state index contributed by atoms with van der Waals surface area (Å²) in [6.07, 6.45) is 2.79. The average Bonchev–Trinajstić information content (AvgIpc) is 2.45. The molecule has 0 fully saturated rings. The van der Waals surface area contributed by atoms with Crippen LogP contribution in [0.2, 0.25) is 0 Å². The first-order chi connectivity index (χ1) is 10.3. The Kier molecular flexibility index (Phi) is 7.07. The lowest BCUT2D eigenvalue weighted by Crippen LogP contribution is -2.25. The summed E-state index contributed by atoms with van der Waals surface area (Å²) in [7, 11) is 1.39. The first-order valence-electron chi connectivity index (χ1n) is 7.34. The van der Waals surface area contributed by atoms with Crippen molar-refractivity contribution in [2.45, 2.75) is 45.4 Å². The molecule has 4 nitrogen and oxygen atoms in total. The molecule has 0 aliphatic rings. The van der Waals surface area contributed by atoms with Gasteiger partial charge in [0.2, 0.25) is 0 Å². The molecule has 0 aliphatic carbocycles. The molecule has 5 heteroatoms. The molecular formula is C17H23BrO4. The van der Waals surface area contributed by atoms with Crippen LogP contribution in [0.1, 0.15) is 51.0 Å². The molecule has 0 bridgehead atoms. The van der Waals surface area contributed by atoms with Gasteiger partial charge in [0.1, 0.15) is 0 Å². The van der Waals surface area contributed by atoms with Crippen molar-refractivity contribution >= 4 is 27.9 Å². The van der Waals surface area contributed by atoms with E-state index in [4.69, 9.17) is 4.74 Å². The van der Waals surface area contributed by atoms with Crippen LogP contribution in [0.3, 0.4) is 0 Å². The van der Waals surface area contributed by atoms with Gasteiger partial charge in [-0.05, 0) is 44.4 Å². The molecule has 1 aromatic carbocycles. The van der Waals surface area contributed by atoms with Crippen LogP contribution in [0.25, 0.3) is 0 Å². The van der Waals surface area contributed by atoms with Crippen LogP contribution in [-0.2, 0) is 14.3 Å². The highest BCUT2D eigenvalue weighted by atomic mass is 79.9. The maximum absolute atomic E-state index is 11.6. The lowest BCUT2D eigenvalue weighted by molar-refractivity contribution is -0.151. The van der Waals surface area contributed by atoms with Gasteiger partial charge in [-0.15, -0.1) is 0 Å². The highest BCUT2D eigenvalue weighted by Gasteiger charge is 2.28. The van der Waals surface area contributed by atoms with E-state index in [9.17, 15) is 14.7 Å². The van der Waals surface area contributed by atoms with Crippen molar-refractivity contribution in [3.8, 4) is 0 Å². The van der Waals surface area contributed by atoms with Crippen molar-refractivity contribution in [3.05, 3.63) is 34.3 Å². The van der Waals surface area contributed by atoms with E-state index in [2.05, 4.69) is 15.9 Å². The summed E-state index contributed by atoms with van der Waals surface area (Å²) in [4.78, 5) is 23.1. The minimum Gasteiger partial charge on any atom is -0.481 e. The van der Waals surface area contributed by atoms with Crippen LogP contribution >= 0.6 is 15.9 Å². The molecule has 1 aromatic rings. The number of methoxy groups -OCH3 is 1. The zero-order chi connectivity index (χ0) is 16.8. The first kappa shape index (κ1) is 18.7. The topological polar surface area (TPSA) is 63.6 Å². The van der Waals surface area contributed by atoms with Crippen molar-refractivity contribution in [2.24, 2.45) is 5.41 Å².